The molecule has 0 saturated carbocycles. The molecule has 0 bridgehead atoms. The van der Waals surface area contributed by atoms with Crippen molar-refractivity contribution in [3.8, 4) is 0 Å². The van der Waals surface area contributed by atoms with Crippen LogP contribution in [0.25, 0.3) is 0 Å². The number of Topliss-reactive ketones (excluding diaryl/α,β-unsaturated/α-hetero) is 2. The number of nitrogens with two attached hydrogens (primary N) is 2. The van der Waals surface area contributed by atoms with Crippen LogP contribution in [0.15, 0.2) is 42.5 Å². The standard InChI is InChI=1S/C26H34Cl2N2O2/c1-16(2)25(31)12-22(15-30)20-9-18(10-24(28)11-20)8-17(3)26(32)13-21(14-29)19-4-6-23(27)7-5-19/h4-7,9-11,16-17,21-22H,8,12-15,29-30H2,1-3H3/t17?,21-,22+/m0/s1. The minimum absolute atomic E-state index is 0.0310. The lowest BCUT2D eigenvalue weighted by atomic mass is 9.86. The zero-order chi connectivity index (χ0) is 23.8. The Kier molecular flexibility index (Phi) is 10.4. The van der Waals surface area contributed by atoms with Crippen LogP contribution in [0.3, 0.4) is 0 Å². The van der Waals surface area contributed by atoms with Gasteiger partial charge in [-0.3, -0.25) is 9.59 Å². The summed E-state index contributed by atoms with van der Waals surface area (Å²) in [5.41, 5.74) is 14.9. The van der Waals surface area contributed by atoms with Crippen LogP contribution in [0, 0.1) is 11.8 Å². The number of ketones is 2. The van der Waals surface area contributed by atoms with E-state index in [1.165, 1.54) is 0 Å². The highest BCUT2D eigenvalue weighted by Crippen LogP contribution is 2.28. The Bertz CT molecular complexity index is 913. The predicted molar refractivity (Wildman–Crippen MR) is 133 cm³/mol. The fourth-order valence-electron chi connectivity index (χ4n) is 3.83. The molecular weight excluding hydrogens is 443 g/mol. The van der Waals surface area contributed by atoms with Crippen molar-refractivity contribution in [2.24, 2.45) is 23.3 Å². The van der Waals surface area contributed by atoms with Gasteiger partial charge in [-0.15, -0.1) is 0 Å². The summed E-state index contributed by atoms with van der Waals surface area (Å²) in [7, 11) is 0. The van der Waals surface area contributed by atoms with E-state index in [1.54, 1.807) is 0 Å². The number of halogens is 2. The highest BCUT2D eigenvalue weighted by molar-refractivity contribution is 6.31. The van der Waals surface area contributed by atoms with Crippen LogP contribution in [-0.4, -0.2) is 24.7 Å². The maximum absolute atomic E-state index is 13.0. The summed E-state index contributed by atoms with van der Waals surface area (Å²) in [5, 5.41) is 1.25. The van der Waals surface area contributed by atoms with Crippen molar-refractivity contribution < 1.29 is 9.59 Å². The van der Waals surface area contributed by atoms with Gasteiger partial charge in [0.2, 0.25) is 0 Å². The average Bonchev–Trinajstić information content (AvgIpc) is 2.75. The monoisotopic (exact) mass is 476 g/mol. The number of carbonyl (C=O) groups is 2. The summed E-state index contributed by atoms with van der Waals surface area (Å²) in [5.74, 6) is -0.00343. The second-order valence-corrected chi connectivity index (χ2v) is 9.78. The molecule has 0 aliphatic heterocycles. The van der Waals surface area contributed by atoms with E-state index in [4.69, 9.17) is 34.7 Å². The largest absolute Gasteiger partial charge is 0.330 e. The van der Waals surface area contributed by atoms with Crippen LogP contribution in [0.1, 0.15) is 62.1 Å². The molecule has 0 radical (unpaired) electrons. The van der Waals surface area contributed by atoms with E-state index in [0.717, 1.165) is 16.7 Å². The first kappa shape index (κ1) is 26.5. The van der Waals surface area contributed by atoms with Crippen LogP contribution < -0.4 is 11.5 Å². The topological polar surface area (TPSA) is 86.2 Å². The minimum Gasteiger partial charge on any atom is -0.330 e. The van der Waals surface area contributed by atoms with E-state index in [1.807, 2.05) is 63.2 Å². The van der Waals surface area contributed by atoms with Gasteiger partial charge in [-0.05, 0) is 60.5 Å². The quantitative estimate of drug-likeness (QED) is 0.421. The molecule has 4 nitrogen and oxygen atoms in total. The second kappa shape index (κ2) is 12.5. The van der Waals surface area contributed by atoms with Crippen LogP contribution in [0.4, 0.5) is 0 Å². The Morgan fingerprint density at radius 1 is 0.781 bits per heavy atom. The summed E-state index contributed by atoms with van der Waals surface area (Å²) in [4.78, 5) is 25.2. The molecule has 174 valence electrons. The van der Waals surface area contributed by atoms with Gasteiger partial charge in [0.15, 0.2) is 0 Å². The Balaban J connectivity index is 2.11. The fourth-order valence-corrected chi connectivity index (χ4v) is 4.22. The molecule has 0 saturated heterocycles. The molecule has 0 spiro atoms. The van der Waals surface area contributed by atoms with Crippen molar-refractivity contribution in [1.82, 2.24) is 0 Å². The molecule has 0 aromatic heterocycles. The van der Waals surface area contributed by atoms with E-state index >= 15 is 0 Å². The smallest absolute Gasteiger partial charge is 0.136 e. The zero-order valence-corrected chi connectivity index (χ0v) is 20.6. The summed E-state index contributed by atoms with van der Waals surface area (Å²) >= 11 is 12.3. The van der Waals surface area contributed by atoms with Gasteiger partial charge in [-0.25, -0.2) is 0 Å². The summed E-state index contributed by atoms with van der Waals surface area (Å²) in [6.45, 7) is 6.48. The molecule has 2 rings (SSSR count). The van der Waals surface area contributed by atoms with Gasteiger partial charge < -0.3 is 11.5 Å². The number of hydrogen-bond acceptors (Lipinski definition) is 4. The van der Waals surface area contributed by atoms with Crippen molar-refractivity contribution in [3.05, 3.63) is 69.2 Å². The maximum atomic E-state index is 13.0. The lowest BCUT2D eigenvalue weighted by Gasteiger charge is -2.20. The highest BCUT2D eigenvalue weighted by atomic mass is 35.5. The molecule has 0 aliphatic rings. The van der Waals surface area contributed by atoms with E-state index in [2.05, 4.69) is 0 Å². The number of benzene rings is 2. The molecule has 32 heavy (non-hydrogen) atoms. The molecular formula is C26H34Cl2N2O2. The molecule has 0 amide bonds. The summed E-state index contributed by atoms with van der Waals surface area (Å²) in [6, 6.07) is 13.3. The molecule has 2 aromatic rings. The Morgan fingerprint density at radius 3 is 1.91 bits per heavy atom. The summed E-state index contributed by atoms with van der Waals surface area (Å²) < 4.78 is 0. The van der Waals surface area contributed by atoms with Gasteiger partial charge in [0, 0.05) is 46.6 Å². The SMILES string of the molecule is CC(C)C(=O)C[C@H](CN)c1cc(Cl)cc(CC(C)C(=O)C[C@@H](CN)c2ccc(Cl)cc2)c1. The molecule has 2 aromatic carbocycles. The van der Waals surface area contributed by atoms with Crippen molar-refractivity contribution in [2.45, 2.75) is 51.9 Å². The Hall–Kier alpha value is -1.72. The van der Waals surface area contributed by atoms with Gasteiger partial charge in [0.05, 0.1) is 0 Å². The van der Waals surface area contributed by atoms with E-state index in [9.17, 15) is 9.59 Å². The highest BCUT2D eigenvalue weighted by Gasteiger charge is 2.22. The first-order valence-electron chi connectivity index (χ1n) is 11.1. The van der Waals surface area contributed by atoms with E-state index in [-0.39, 0.29) is 35.2 Å². The van der Waals surface area contributed by atoms with Crippen molar-refractivity contribution in [3.63, 3.8) is 0 Å². The van der Waals surface area contributed by atoms with Gasteiger partial charge in [-0.1, -0.05) is 62.2 Å². The van der Waals surface area contributed by atoms with Gasteiger partial charge >= 0.3 is 0 Å². The van der Waals surface area contributed by atoms with Crippen LogP contribution in [0.2, 0.25) is 10.0 Å². The lowest BCUT2D eigenvalue weighted by Crippen LogP contribution is -2.22. The maximum Gasteiger partial charge on any atom is 0.136 e. The van der Waals surface area contributed by atoms with Crippen LogP contribution in [-0.2, 0) is 16.0 Å². The van der Waals surface area contributed by atoms with Gasteiger partial charge in [-0.2, -0.15) is 0 Å². The van der Waals surface area contributed by atoms with Crippen molar-refractivity contribution in [1.29, 1.82) is 0 Å². The van der Waals surface area contributed by atoms with Crippen molar-refractivity contribution >= 4 is 34.8 Å². The number of carbonyl (C=O) groups excluding carboxylic acids is 2. The normalized spacial score (nSPS) is 14.2. The van der Waals surface area contributed by atoms with E-state index < -0.39 is 0 Å². The molecule has 1 unspecified atom stereocenters. The minimum atomic E-state index is -0.184. The lowest BCUT2D eigenvalue weighted by molar-refractivity contribution is -0.123. The third kappa shape index (κ3) is 7.70. The van der Waals surface area contributed by atoms with Gasteiger partial charge in [0.1, 0.15) is 11.6 Å². The third-order valence-electron chi connectivity index (χ3n) is 5.99. The Morgan fingerprint density at radius 2 is 1.34 bits per heavy atom. The summed E-state index contributed by atoms with van der Waals surface area (Å²) in [6.07, 6.45) is 1.34. The molecule has 4 N–H and O–H groups in total. The fraction of sp³-hybridized carbons (Fsp3) is 0.462. The van der Waals surface area contributed by atoms with Crippen LogP contribution in [0.5, 0.6) is 0 Å². The average molecular weight is 477 g/mol. The second-order valence-electron chi connectivity index (χ2n) is 8.91. The molecule has 6 heteroatoms. The Labute approximate surface area is 201 Å². The van der Waals surface area contributed by atoms with Gasteiger partial charge in [0.25, 0.3) is 0 Å². The van der Waals surface area contributed by atoms with Crippen molar-refractivity contribution in [2.75, 3.05) is 13.1 Å². The first-order valence-corrected chi connectivity index (χ1v) is 11.9. The molecule has 0 heterocycles. The molecule has 3 atom stereocenters. The number of hydrogen-bond donors (Lipinski definition) is 2. The predicted octanol–water partition coefficient (Wildman–Crippen LogP) is 5.53. The third-order valence-corrected chi connectivity index (χ3v) is 6.46. The number of rotatable bonds is 12. The molecule has 0 fully saturated rings. The van der Waals surface area contributed by atoms with E-state index in [0.29, 0.717) is 42.4 Å². The zero-order valence-electron chi connectivity index (χ0n) is 19.1. The van der Waals surface area contributed by atoms with Crippen LogP contribution >= 0.6 is 23.2 Å². The first-order chi connectivity index (χ1) is 15.1. The molecule has 0 aliphatic carbocycles.